The zero-order valence-electron chi connectivity index (χ0n) is 8.70. The Balaban J connectivity index is 1.78. The third kappa shape index (κ3) is 2.45. The predicted octanol–water partition coefficient (Wildman–Crippen LogP) is 0.169. The van der Waals surface area contributed by atoms with Crippen molar-refractivity contribution in [3.8, 4) is 0 Å². The van der Waals surface area contributed by atoms with Crippen LogP contribution in [0.3, 0.4) is 0 Å². The molecule has 0 aromatic rings. The second-order valence-corrected chi connectivity index (χ2v) is 3.86. The van der Waals surface area contributed by atoms with Gasteiger partial charge in [0.05, 0.1) is 25.9 Å². The highest BCUT2D eigenvalue weighted by Gasteiger charge is 2.30. The van der Waals surface area contributed by atoms with Crippen LogP contribution in [-0.4, -0.2) is 51.2 Å². The highest BCUT2D eigenvalue weighted by Crippen LogP contribution is 2.16. The molecule has 0 aromatic heterocycles. The van der Waals surface area contributed by atoms with E-state index in [1.54, 1.807) is 0 Å². The van der Waals surface area contributed by atoms with E-state index in [9.17, 15) is 0 Å². The average Bonchev–Trinajstić information content (AvgIpc) is 2.14. The van der Waals surface area contributed by atoms with Crippen LogP contribution in [-0.2, 0) is 14.2 Å². The minimum atomic E-state index is 0.206. The van der Waals surface area contributed by atoms with Crippen molar-refractivity contribution in [2.24, 2.45) is 0 Å². The third-order valence-electron chi connectivity index (χ3n) is 2.75. The summed E-state index contributed by atoms with van der Waals surface area (Å²) in [5.41, 5.74) is 0. The topological polar surface area (TPSA) is 39.7 Å². The molecule has 1 N–H and O–H groups in total. The minimum absolute atomic E-state index is 0.206. The molecule has 4 nitrogen and oxygen atoms in total. The van der Waals surface area contributed by atoms with Gasteiger partial charge in [0.15, 0.2) is 0 Å². The third-order valence-corrected chi connectivity index (χ3v) is 2.75. The van der Waals surface area contributed by atoms with Crippen molar-refractivity contribution in [3.63, 3.8) is 0 Å². The first-order valence-electron chi connectivity index (χ1n) is 5.44. The summed E-state index contributed by atoms with van der Waals surface area (Å²) in [6, 6.07) is 0.453. The molecule has 2 heterocycles. The lowest BCUT2D eigenvalue weighted by atomic mass is 10.1. The van der Waals surface area contributed by atoms with E-state index >= 15 is 0 Å². The molecule has 14 heavy (non-hydrogen) atoms. The lowest BCUT2D eigenvalue weighted by Gasteiger charge is -2.37. The fraction of sp³-hybridized carbons (Fsp3) is 1.00. The van der Waals surface area contributed by atoms with E-state index in [4.69, 9.17) is 14.2 Å². The van der Waals surface area contributed by atoms with Gasteiger partial charge in [-0.1, -0.05) is 6.92 Å². The van der Waals surface area contributed by atoms with Gasteiger partial charge in [-0.3, -0.25) is 0 Å². The summed E-state index contributed by atoms with van der Waals surface area (Å²) in [5.74, 6) is 0. The fourth-order valence-electron chi connectivity index (χ4n) is 1.88. The fourth-order valence-corrected chi connectivity index (χ4v) is 1.88. The molecule has 0 aliphatic carbocycles. The van der Waals surface area contributed by atoms with Gasteiger partial charge in [0.2, 0.25) is 0 Å². The Labute approximate surface area is 84.9 Å². The Morgan fingerprint density at radius 3 is 2.79 bits per heavy atom. The molecule has 4 heteroatoms. The molecule has 2 fully saturated rings. The van der Waals surface area contributed by atoms with E-state index in [-0.39, 0.29) is 6.10 Å². The van der Waals surface area contributed by atoms with E-state index < -0.39 is 0 Å². The van der Waals surface area contributed by atoms with Crippen LogP contribution < -0.4 is 5.32 Å². The Morgan fingerprint density at radius 2 is 2.14 bits per heavy atom. The van der Waals surface area contributed by atoms with Crippen molar-refractivity contribution in [2.45, 2.75) is 31.6 Å². The number of nitrogens with one attached hydrogen (secondary N) is 1. The van der Waals surface area contributed by atoms with Crippen LogP contribution in [0, 0.1) is 0 Å². The van der Waals surface area contributed by atoms with Gasteiger partial charge < -0.3 is 19.5 Å². The van der Waals surface area contributed by atoms with Crippen LogP contribution in [0.25, 0.3) is 0 Å². The van der Waals surface area contributed by atoms with Crippen LogP contribution in [0.5, 0.6) is 0 Å². The molecule has 0 saturated carbocycles. The van der Waals surface area contributed by atoms with Gasteiger partial charge in [-0.25, -0.2) is 0 Å². The predicted molar refractivity (Wildman–Crippen MR) is 52.4 cm³/mol. The molecule has 0 amide bonds. The molecule has 2 atom stereocenters. The van der Waals surface area contributed by atoms with Crippen LogP contribution in [0.4, 0.5) is 0 Å². The van der Waals surface area contributed by atoms with Gasteiger partial charge in [-0.15, -0.1) is 0 Å². The molecule has 2 aliphatic heterocycles. The molecule has 2 saturated heterocycles. The Kier molecular flexibility index (Phi) is 3.75. The van der Waals surface area contributed by atoms with Crippen LogP contribution in [0.1, 0.15) is 13.3 Å². The van der Waals surface area contributed by atoms with Crippen molar-refractivity contribution in [1.29, 1.82) is 0 Å². The number of rotatable bonds is 4. The summed E-state index contributed by atoms with van der Waals surface area (Å²) < 4.78 is 16.4. The maximum absolute atomic E-state index is 5.88. The largest absolute Gasteiger partial charge is 0.379 e. The number of ether oxygens (including phenoxy) is 3. The normalized spacial score (nSPS) is 34.1. The number of hydrogen-bond acceptors (Lipinski definition) is 4. The first-order valence-corrected chi connectivity index (χ1v) is 5.44. The first-order chi connectivity index (χ1) is 6.90. The molecule has 2 unspecified atom stereocenters. The molecule has 82 valence electrons. The monoisotopic (exact) mass is 201 g/mol. The molecule has 0 aromatic carbocycles. The maximum atomic E-state index is 5.88. The van der Waals surface area contributed by atoms with Crippen molar-refractivity contribution in [3.05, 3.63) is 0 Å². The summed E-state index contributed by atoms with van der Waals surface area (Å²) in [7, 11) is 0. The molecule has 2 aliphatic rings. The lowest BCUT2D eigenvalue weighted by molar-refractivity contribution is -0.182. The van der Waals surface area contributed by atoms with Crippen molar-refractivity contribution in [1.82, 2.24) is 5.32 Å². The number of likely N-dealkylation sites (N-methyl/N-ethyl adjacent to an activating group) is 1. The van der Waals surface area contributed by atoms with Crippen molar-refractivity contribution in [2.75, 3.05) is 33.0 Å². The summed E-state index contributed by atoms with van der Waals surface area (Å²) in [5, 5.41) is 3.44. The van der Waals surface area contributed by atoms with Gasteiger partial charge in [-0.05, 0) is 13.0 Å². The molecule has 2 rings (SSSR count). The lowest BCUT2D eigenvalue weighted by Crippen LogP contribution is -2.51. The zero-order chi connectivity index (χ0) is 9.80. The van der Waals surface area contributed by atoms with Gasteiger partial charge in [-0.2, -0.15) is 0 Å². The molecule has 0 radical (unpaired) electrons. The van der Waals surface area contributed by atoms with Gasteiger partial charge in [0.1, 0.15) is 6.10 Å². The summed E-state index contributed by atoms with van der Waals surface area (Å²) >= 11 is 0. The SMILES string of the molecule is CCNC1CCOCC1OC1COC1. The zero-order valence-corrected chi connectivity index (χ0v) is 8.70. The van der Waals surface area contributed by atoms with Crippen LogP contribution in [0.2, 0.25) is 0 Å². The average molecular weight is 201 g/mol. The Hall–Kier alpha value is -0.160. The first kappa shape index (κ1) is 10.4. The summed E-state index contributed by atoms with van der Waals surface area (Å²) in [6.07, 6.45) is 1.55. The van der Waals surface area contributed by atoms with Crippen LogP contribution >= 0.6 is 0 Å². The summed E-state index contributed by atoms with van der Waals surface area (Å²) in [6.45, 7) is 6.17. The van der Waals surface area contributed by atoms with Gasteiger partial charge in [0, 0.05) is 12.6 Å². The smallest absolute Gasteiger partial charge is 0.105 e. The molecule has 0 bridgehead atoms. The Morgan fingerprint density at radius 1 is 1.29 bits per heavy atom. The quantitative estimate of drug-likeness (QED) is 0.704. The molecular formula is C10H19NO3. The second kappa shape index (κ2) is 5.07. The van der Waals surface area contributed by atoms with E-state index in [1.165, 1.54) is 0 Å². The van der Waals surface area contributed by atoms with E-state index in [0.717, 1.165) is 32.8 Å². The molecule has 0 spiro atoms. The van der Waals surface area contributed by atoms with E-state index in [2.05, 4.69) is 12.2 Å². The number of hydrogen-bond donors (Lipinski definition) is 1. The highest BCUT2D eigenvalue weighted by molar-refractivity contribution is 4.82. The van der Waals surface area contributed by atoms with Crippen molar-refractivity contribution >= 4 is 0 Å². The van der Waals surface area contributed by atoms with Gasteiger partial charge in [0.25, 0.3) is 0 Å². The van der Waals surface area contributed by atoms with Crippen molar-refractivity contribution < 1.29 is 14.2 Å². The van der Waals surface area contributed by atoms with Gasteiger partial charge >= 0.3 is 0 Å². The Bertz CT molecular complexity index is 171. The van der Waals surface area contributed by atoms with E-state index in [1.807, 2.05) is 0 Å². The van der Waals surface area contributed by atoms with E-state index in [0.29, 0.717) is 18.8 Å². The molecular weight excluding hydrogens is 182 g/mol. The highest BCUT2D eigenvalue weighted by atomic mass is 16.6. The van der Waals surface area contributed by atoms with Crippen LogP contribution in [0.15, 0.2) is 0 Å². The maximum Gasteiger partial charge on any atom is 0.105 e. The minimum Gasteiger partial charge on any atom is -0.379 e. The standard InChI is InChI=1S/C10H19NO3/c1-2-11-9-3-4-12-7-10(9)14-8-5-13-6-8/h8-11H,2-7H2,1H3. The summed E-state index contributed by atoms with van der Waals surface area (Å²) in [4.78, 5) is 0. The second-order valence-electron chi connectivity index (χ2n) is 3.86.